The van der Waals surface area contributed by atoms with Crippen molar-refractivity contribution >= 4 is 32.9 Å². The smallest absolute Gasteiger partial charge is 0.408 e. The van der Waals surface area contributed by atoms with E-state index in [1.54, 1.807) is 22.8 Å². The number of pyridine rings is 1. The Morgan fingerprint density at radius 2 is 1.86 bits per heavy atom. The molecule has 148 valence electrons. The topological polar surface area (TPSA) is 85.4 Å². The van der Waals surface area contributed by atoms with Crippen molar-refractivity contribution < 1.29 is 12.8 Å². The third kappa shape index (κ3) is 3.87. The van der Waals surface area contributed by atoms with Gasteiger partial charge in [0.1, 0.15) is 4.90 Å². The summed E-state index contributed by atoms with van der Waals surface area (Å²) in [6.07, 6.45) is 4.31. The second kappa shape index (κ2) is 8.10. The van der Waals surface area contributed by atoms with E-state index in [9.17, 15) is 13.2 Å². The third-order valence-corrected chi connectivity index (χ3v) is 7.61. The Hall–Kier alpha value is -2.10. The molecule has 1 saturated heterocycles. The molecule has 0 unspecified atom stereocenters. The summed E-state index contributed by atoms with van der Waals surface area (Å²) < 4.78 is 33.7. The standard InChI is InChI=1S/C19H21N3O4S2/c23-19-22(16-6-2-3-7-17(16)26-19)12-13-27-18-9-8-15(14-20-18)28(24,25)21-10-4-1-5-11-21/h2-3,6-9,14H,1,4-5,10-13H2. The Kier molecular flexibility index (Phi) is 5.56. The van der Waals surface area contributed by atoms with Gasteiger partial charge in [0.05, 0.1) is 10.5 Å². The second-order valence-electron chi connectivity index (χ2n) is 6.63. The molecule has 28 heavy (non-hydrogen) atoms. The molecule has 4 rings (SSSR count). The molecular formula is C19H21N3O4S2. The number of piperidine rings is 1. The number of para-hydroxylation sites is 2. The van der Waals surface area contributed by atoms with E-state index in [1.807, 2.05) is 18.2 Å². The predicted molar refractivity (Wildman–Crippen MR) is 108 cm³/mol. The molecule has 0 bridgehead atoms. The third-order valence-electron chi connectivity index (χ3n) is 4.80. The first-order valence-electron chi connectivity index (χ1n) is 9.23. The summed E-state index contributed by atoms with van der Waals surface area (Å²) in [5, 5.41) is 0.721. The molecular weight excluding hydrogens is 398 g/mol. The highest BCUT2D eigenvalue weighted by molar-refractivity contribution is 7.99. The number of sulfonamides is 1. The van der Waals surface area contributed by atoms with E-state index in [-0.39, 0.29) is 10.7 Å². The number of rotatable bonds is 6. The minimum Gasteiger partial charge on any atom is -0.408 e. The molecule has 7 nitrogen and oxygen atoms in total. The molecule has 1 fully saturated rings. The number of oxazole rings is 1. The Labute approximate surface area is 167 Å². The molecule has 0 radical (unpaired) electrons. The molecule has 2 aromatic heterocycles. The lowest BCUT2D eigenvalue weighted by molar-refractivity contribution is 0.346. The molecule has 1 aromatic carbocycles. The molecule has 0 atom stereocenters. The first-order valence-corrected chi connectivity index (χ1v) is 11.7. The maximum atomic E-state index is 12.7. The van der Waals surface area contributed by atoms with Crippen LogP contribution < -0.4 is 5.76 Å². The summed E-state index contributed by atoms with van der Waals surface area (Å²) in [5.41, 5.74) is 1.34. The van der Waals surface area contributed by atoms with Gasteiger partial charge in [-0.1, -0.05) is 18.6 Å². The fraction of sp³-hybridized carbons (Fsp3) is 0.368. The van der Waals surface area contributed by atoms with Crippen LogP contribution in [0.1, 0.15) is 19.3 Å². The largest absolute Gasteiger partial charge is 0.419 e. The molecule has 3 heterocycles. The fourth-order valence-electron chi connectivity index (χ4n) is 3.33. The lowest BCUT2D eigenvalue weighted by atomic mass is 10.2. The van der Waals surface area contributed by atoms with Gasteiger partial charge < -0.3 is 4.42 Å². The van der Waals surface area contributed by atoms with Crippen LogP contribution in [0.2, 0.25) is 0 Å². The van der Waals surface area contributed by atoms with Crippen molar-refractivity contribution in [3.8, 4) is 0 Å². The molecule has 1 aliphatic heterocycles. The van der Waals surface area contributed by atoms with Gasteiger partial charge >= 0.3 is 5.76 Å². The van der Waals surface area contributed by atoms with Crippen LogP contribution in [-0.4, -0.2) is 41.1 Å². The van der Waals surface area contributed by atoms with Crippen LogP contribution in [0.25, 0.3) is 11.1 Å². The Bertz CT molecular complexity index is 1110. The minimum absolute atomic E-state index is 0.232. The average Bonchev–Trinajstić information content (AvgIpc) is 3.04. The van der Waals surface area contributed by atoms with Gasteiger partial charge in [-0.15, -0.1) is 11.8 Å². The van der Waals surface area contributed by atoms with E-state index in [0.717, 1.165) is 29.8 Å². The molecule has 0 aliphatic carbocycles. The van der Waals surface area contributed by atoms with Crippen LogP contribution >= 0.6 is 11.8 Å². The number of aryl methyl sites for hydroxylation is 1. The molecule has 0 amide bonds. The Balaban J connectivity index is 1.41. The van der Waals surface area contributed by atoms with Gasteiger partial charge in [0.25, 0.3) is 0 Å². The maximum absolute atomic E-state index is 12.7. The Morgan fingerprint density at radius 3 is 2.61 bits per heavy atom. The van der Waals surface area contributed by atoms with Gasteiger partial charge in [-0.2, -0.15) is 4.31 Å². The lowest BCUT2D eigenvalue weighted by Gasteiger charge is -2.25. The van der Waals surface area contributed by atoms with E-state index in [4.69, 9.17) is 4.42 Å². The zero-order valence-electron chi connectivity index (χ0n) is 15.3. The number of thioether (sulfide) groups is 1. The number of fused-ring (bicyclic) bond motifs is 1. The normalized spacial score (nSPS) is 15.9. The molecule has 3 aromatic rings. The lowest BCUT2D eigenvalue weighted by Crippen LogP contribution is -2.35. The van der Waals surface area contributed by atoms with E-state index in [2.05, 4.69) is 4.98 Å². The molecule has 1 aliphatic rings. The number of aromatic nitrogens is 2. The van der Waals surface area contributed by atoms with E-state index >= 15 is 0 Å². The van der Waals surface area contributed by atoms with Crippen LogP contribution in [0.15, 0.2) is 61.7 Å². The SMILES string of the molecule is O=c1oc2ccccc2n1CCSc1ccc(S(=O)(=O)N2CCCCC2)cn1. The van der Waals surface area contributed by atoms with Gasteiger partial charge in [-0.25, -0.2) is 18.2 Å². The summed E-state index contributed by atoms with van der Waals surface area (Å²) in [4.78, 5) is 16.5. The van der Waals surface area contributed by atoms with Crippen LogP contribution in [-0.2, 0) is 16.6 Å². The second-order valence-corrected chi connectivity index (χ2v) is 9.69. The molecule has 0 spiro atoms. The van der Waals surface area contributed by atoms with Gasteiger partial charge in [-0.3, -0.25) is 4.57 Å². The summed E-state index contributed by atoms with van der Waals surface area (Å²) >= 11 is 1.47. The van der Waals surface area contributed by atoms with Crippen molar-refractivity contribution in [3.05, 3.63) is 53.1 Å². The highest BCUT2D eigenvalue weighted by Gasteiger charge is 2.26. The van der Waals surface area contributed by atoms with Crippen molar-refractivity contribution in [2.45, 2.75) is 35.7 Å². The van der Waals surface area contributed by atoms with Gasteiger partial charge in [-0.05, 0) is 37.1 Å². The number of benzene rings is 1. The van der Waals surface area contributed by atoms with E-state index in [0.29, 0.717) is 31.0 Å². The number of hydrogen-bond acceptors (Lipinski definition) is 6. The minimum atomic E-state index is -3.46. The van der Waals surface area contributed by atoms with Crippen molar-refractivity contribution in [1.29, 1.82) is 0 Å². The van der Waals surface area contributed by atoms with Crippen molar-refractivity contribution in [2.24, 2.45) is 0 Å². The van der Waals surface area contributed by atoms with E-state index in [1.165, 1.54) is 22.3 Å². The van der Waals surface area contributed by atoms with Crippen LogP contribution in [0.4, 0.5) is 0 Å². The summed E-state index contributed by atoms with van der Waals surface area (Å²) in [7, 11) is -3.46. The van der Waals surface area contributed by atoms with Crippen molar-refractivity contribution in [3.63, 3.8) is 0 Å². The average molecular weight is 420 g/mol. The monoisotopic (exact) mass is 419 g/mol. The highest BCUT2D eigenvalue weighted by atomic mass is 32.2. The Morgan fingerprint density at radius 1 is 1.07 bits per heavy atom. The number of nitrogens with zero attached hydrogens (tertiary/aromatic N) is 3. The maximum Gasteiger partial charge on any atom is 0.419 e. The highest BCUT2D eigenvalue weighted by Crippen LogP contribution is 2.23. The van der Waals surface area contributed by atoms with Crippen LogP contribution in [0, 0.1) is 0 Å². The zero-order chi connectivity index (χ0) is 19.6. The van der Waals surface area contributed by atoms with E-state index < -0.39 is 10.0 Å². The quantitative estimate of drug-likeness (QED) is 0.571. The summed E-state index contributed by atoms with van der Waals surface area (Å²) in [6.45, 7) is 1.63. The molecule has 9 heteroatoms. The van der Waals surface area contributed by atoms with Gasteiger partial charge in [0.15, 0.2) is 5.58 Å². The first-order chi connectivity index (χ1) is 13.6. The van der Waals surface area contributed by atoms with Gasteiger partial charge in [0.2, 0.25) is 10.0 Å². The predicted octanol–water partition coefficient (Wildman–Crippen LogP) is 2.96. The number of hydrogen-bond donors (Lipinski definition) is 0. The van der Waals surface area contributed by atoms with Gasteiger partial charge in [0, 0.05) is 31.6 Å². The zero-order valence-corrected chi connectivity index (χ0v) is 16.9. The van der Waals surface area contributed by atoms with Crippen LogP contribution in [0.3, 0.4) is 0 Å². The summed E-state index contributed by atoms with van der Waals surface area (Å²) in [6, 6.07) is 10.6. The molecule has 0 N–H and O–H groups in total. The molecule has 0 saturated carbocycles. The fourth-order valence-corrected chi connectivity index (χ4v) is 5.56. The van der Waals surface area contributed by atoms with Crippen molar-refractivity contribution in [2.75, 3.05) is 18.8 Å². The van der Waals surface area contributed by atoms with Crippen molar-refractivity contribution in [1.82, 2.24) is 13.9 Å². The first kappa shape index (κ1) is 19.2. The summed E-state index contributed by atoms with van der Waals surface area (Å²) in [5.74, 6) is 0.243. The van der Waals surface area contributed by atoms with Crippen LogP contribution in [0.5, 0.6) is 0 Å².